The molecule has 0 fully saturated rings. The zero-order chi connectivity index (χ0) is 15.4. The van der Waals surface area contributed by atoms with Gasteiger partial charge in [0.1, 0.15) is 11.6 Å². The van der Waals surface area contributed by atoms with E-state index < -0.39 is 11.8 Å². The number of carbonyl (C=O) groups is 1. The average Bonchev–Trinajstić information content (AvgIpc) is 2.48. The summed E-state index contributed by atoms with van der Waals surface area (Å²) in [5.41, 5.74) is 1.83. The summed E-state index contributed by atoms with van der Waals surface area (Å²) in [6.45, 7) is 2.18. The fraction of sp³-hybridized carbons (Fsp3) is 0.200. The van der Waals surface area contributed by atoms with Gasteiger partial charge in [-0.3, -0.25) is 0 Å². The Hall–Kier alpha value is -2.14. The summed E-state index contributed by atoms with van der Waals surface area (Å²) in [6, 6.07) is 7.85. The van der Waals surface area contributed by atoms with E-state index in [9.17, 15) is 9.18 Å². The first-order chi connectivity index (χ1) is 10.0. The molecule has 1 N–H and O–H groups in total. The Balaban J connectivity index is 2.08. The quantitative estimate of drug-likeness (QED) is 0.877. The van der Waals surface area contributed by atoms with E-state index in [1.54, 1.807) is 31.2 Å². The molecule has 0 atom stereocenters. The second-order valence-electron chi connectivity index (χ2n) is 4.42. The molecule has 0 amide bonds. The van der Waals surface area contributed by atoms with E-state index in [0.717, 1.165) is 5.56 Å². The van der Waals surface area contributed by atoms with Gasteiger partial charge in [-0.25, -0.2) is 14.2 Å². The molecule has 2 aromatic rings. The molecule has 1 aromatic heterocycles. The Morgan fingerprint density at radius 3 is 2.76 bits per heavy atom. The number of hydrogen-bond acceptors (Lipinski definition) is 4. The topological polar surface area (TPSA) is 51.2 Å². The SMILES string of the molecule is COC(=O)c1ccc(NCc2ccc(F)c(Cl)c2)nc1C. The maximum atomic E-state index is 13.1. The zero-order valence-electron chi connectivity index (χ0n) is 11.6. The highest BCUT2D eigenvalue weighted by Crippen LogP contribution is 2.17. The first kappa shape index (κ1) is 15.3. The number of aryl methyl sites for hydroxylation is 1. The minimum atomic E-state index is -0.447. The second-order valence-corrected chi connectivity index (χ2v) is 4.83. The molecule has 4 nitrogen and oxygen atoms in total. The van der Waals surface area contributed by atoms with Crippen LogP contribution < -0.4 is 5.32 Å². The fourth-order valence-electron chi connectivity index (χ4n) is 1.83. The average molecular weight is 309 g/mol. The van der Waals surface area contributed by atoms with E-state index in [4.69, 9.17) is 11.6 Å². The number of nitrogens with one attached hydrogen (secondary N) is 1. The van der Waals surface area contributed by atoms with Crippen LogP contribution in [0.15, 0.2) is 30.3 Å². The number of aromatic nitrogens is 1. The molecule has 21 heavy (non-hydrogen) atoms. The summed E-state index contributed by atoms with van der Waals surface area (Å²) >= 11 is 5.72. The maximum Gasteiger partial charge on any atom is 0.339 e. The van der Waals surface area contributed by atoms with Gasteiger partial charge in [0.25, 0.3) is 0 Å². The minimum absolute atomic E-state index is 0.0829. The monoisotopic (exact) mass is 308 g/mol. The lowest BCUT2D eigenvalue weighted by Gasteiger charge is -2.09. The fourth-order valence-corrected chi connectivity index (χ4v) is 2.03. The smallest absolute Gasteiger partial charge is 0.339 e. The van der Waals surface area contributed by atoms with Crippen LogP contribution in [-0.4, -0.2) is 18.1 Å². The first-order valence-corrected chi connectivity index (χ1v) is 6.63. The van der Waals surface area contributed by atoms with Crippen molar-refractivity contribution in [1.29, 1.82) is 0 Å². The lowest BCUT2D eigenvalue weighted by Crippen LogP contribution is -2.08. The van der Waals surface area contributed by atoms with Gasteiger partial charge in [0.2, 0.25) is 0 Å². The van der Waals surface area contributed by atoms with Crippen molar-refractivity contribution in [2.45, 2.75) is 13.5 Å². The summed E-state index contributed by atoms with van der Waals surface area (Å²) in [5.74, 6) is -0.255. The molecule has 0 saturated heterocycles. The Morgan fingerprint density at radius 2 is 2.14 bits per heavy atom. The summed E-state index contributed by atoms with van der Waals surface area (Å²) in [6.07, 6.45) is 0. The molecule has 1 aromatic carbocycles. The maximum absolute atomic E-state index is 13.1. The molecule has 6 heteroatoms. The Morgan fingerprint density at radius 1 is 1.38 bits per heavy atom. The molecule has 1 heterocycles. The first-order valence-electron chi connectivity index (χ1n) is 6.25. The van der Waals surface area contributed by atoms with Crippen LogP contribution in [0.3, 0.4) is 0 Å². The summed E-state index contributed by atoms with van der Waals surface area (Å²) in [7, 11) is 1.33. The van der Waals surface area contributed by atoms with Crippen molar-refractivity contribution in [1.82, 2.24) is 4.98 Å². The van der Waals surface area contributed by atoms with Crippen LogP contribution in [0, 0.1) is 12.7 Å². The van der Waals surface area contributed by atoms with Gasteiger partial charge < -0.3 is 10.1 Å². The van der Waals surface area contributed by atoms with Crippen LogP contribution in [-0.2, 0) is 11.3 Å². The number of rotatable bonds is 4. The van der Waals surface area contributed by atoms with Crippen LogP contribution in [0.4, 0.5) is 10.2 Å². The van der Waals surface area contributed by atoms with Crippen LogP contribution in [0.5, 0.6) is 0 Å². The van der Waals surface area contributed by atoms with E-state index in [1.165, 1.54) is 13.2 Å². The normalized spacial score (nSPS) is 10.3. The van der Waals surface area contributed by atoms with Gasteiger partial charge in [-0.05, 0) is 36.8 Å². The number of anilines is 1. The highest BCUT2D eigenvalue weighted by atomic mass is 35.5. The molecular formula is C15H14ClFN2O2. The van der Waals surface area contributed by atoms with Gasteiger partial charge in [-0.2, -0.15) is 0 Å². The third-order valence-corrected chi connectivity index (χ3v) is 3.24. The van der Waals surface area contributed by atoms with Gasteiger partial charge in [-0.15, -0.1) is 0 Å². The molecule has 0 radical (unpaired) electrons. The summed E-state index contributed by atoms with van der Waals surface area (Å²) in [5, 5.41) is 3.17. The number of benzene rings is 1. The van der Waals surface area contributed by atoms with Gasteiger partial charge in [0.15, 0.2) is 0 Å². The molecule has 0 aliphatic rings. The molecule has 110 valence electrons. The highest BCUT2D eigenvalue weighted by Gasteiger charge is 2.10. The van der Waals surface area contributed by atoms with Crippen molar-refractivity contribution in [2.24, 2.45) is 0 Å². The third-order valence-electron chi connectivity index (χ3n) is 2.95. The standard InChI is InChI=1S/C15H14ClFN2O2/c1-9-11(15(20)21-2)4-6-14(19-9)18-8-10-3-5-13(17)12(16)7-10/h3-7H,8H2,1-2H3,(H,18,19). The van der Waals surface area contributed by atoms with E-state index in [0.29, 0.717) is 23.6 Å². The minimum Gasteiger partial charge on any atom is -0.465 e. The highest BCUT2D eigenvalue weighted by molar-refractivity contribution is 6.30. The number of methoxy groups -OCH3 is 1. The van der Waals surface area contributed by atoms with E-state index in [1.807, 2.05) is 0 Å². The molecule has 0 spiro atoms. The predicted octanol–water partition coefficient (Wildman–Crippen LogP) is 3.58. The van der Waals surface area contributed by atoms with Crippen LogP contribution >= 0.6 is 11.6 Å². The lowest BCUT2D eigenvalue weighted by molar-refractivity contribution is 0.0599. The van der Waals surface area contributed by atoms with Crippen molar-refractivity contribution in [3.63, 3.8) is 0 Å². The van der Waals surface area contributed by atoms with Crippen molar-refractivity contribution in [3.05, 3.63) is 58.0 Å². The van der Waals surface area contributed by atoms with Gasteiger partial charge in [0.05, 0.1) is 23.4 Å². The second kappa shape index (κ2) is 6.54. The van der Waals surface area contributed by atoms with Crippen LogP contribution in [0.1, 0.15) is 21.6 Å². The van der Waals surface area contributed by atoms with Gasteiger partial charge >= 0.3 is 5.97 Å². The van der Waals surface area contributed by atoms with Crippen molar-refractivity contribution in [2.75, 3.05) is 12.4 Å². The lowest BCUT2D eigenvalue weighted by atomic mass is 10.2. The molecule has 0 bridgehead atoms. The van der Waals surface area contributed by atoms with Gasteiger partial charge in [0, 0.05) is 6.54 Å². The zero-order valence-corrected chi connectivity index (χ0v) is 12.4. The Kier molecular flexibility index (Phi) is 4.75. The number of nitrogens with zero attached hydrogens (tertiary/aromatic N) is 1. The van der Waals surface area contributed by atoms with Crippen molar-refractivity contribution >= 4 is 23.4 Å². The molecule has 0 saturated carbocycles. The number of esters is 1. The number of halogens is 2. The largest absolute Gasteiger partial charge is 0.465 e. The molecule has 2 rings (SSSR count). The van der Waals surface area contributed by atoms with Crippen molar-refractivity contribution < 1.29 is 13.9 Å². The number of hydrogen-bond donors (Lipinski definition) is 1. The van der Waals surface area contributed by atoms with E-state index >= 15 is 0 Å². The number of carbonyl (C=O) groups excluding carboxylic acids is 1. The summed E-state index contributed by atoms with van der Waals surface area (Å²) in [4.78, 5) is 15.7. The van der Waals surface area contributed by atoms with Crippen LogP contribution in [0.2, 0.25) is 5.02 Å². The van der Waals surface area contributed by atoms with Crippen LogP contribution in [0.25, 0.3) is 0 Å². The number of pyridine rings is 1. The molecule has 0 aliphatic carbocycles. The Bertz CT molecular complexity index is 677. The Labute approximate surface area is 126 Å². The van der Waals surface area contributed by atoms with E-state index in [2.05, 4.69) is 15.0 Å². The predicted molar refractivity (Wildman–Crippen MR) is 79.1 cm³/mol. The molecule has 0 aliphatic heterocycles. The summed E-state index contributed by atoms with van der Waals surface area (Å²) < 4.78 is 17.7. The molecule has 0 unspecified atom stereocenters. The number of ether oxygens (including phenoxy) is 1. The van der Waals surface area contributed by atoms with E-state index in [-0.39, 0.29) is 5.02 Å². The van der Waals surface area contributed by atoms with Gasteiger partial charge in [-0.1, -0.05) is 17.7 Å². The molecular weight excluding hydrogens is 295 g/mol. The third kappa shape index (κ3) is 3.70. The van der Waals surface area contributed by atoms with Crippen molar-refractivity contribution in [3.8, 4) is 0 Å².